The van der Waals surface area contributed by atoms with Gasteiger partial charge in [0, 0.05) is 9.79 Å². The Labute approximate surface area is 168 Å². The molecule has 0 aliphatic heterocycles. The normalized spacial score (nSPS) is 10.6. The number of carbonyl (C=O) groups is 1. The van der Waals surface area contributed by atoms with Crippen molar-refractivity contribution in [3.8, 4) is 0 Å². The van der Waals surface area contributed by atoms with E-state index < -0.39 is 4.92 Å². The summed E-state index contributed by atoms with van der Waals surface area (Å²) in [5.41, 5.74) is 1.19. The summed E-state index contributed by atoms with van der Waals surface area (Å²) in [5, 5.41) is 17.7. The molecule has 2 aromatic carbocycles. The summed E-state index contributed by atoms with van der Waals surface area (Å²) < 4.78 is 1.59. The Kier molecular flexibility index (Phi) is 5.92. The van der Waals surface area contributed by atoms with Gasteiger partial charge in [0.2, 0.25) is 5.91 Å². The molecule has 0 atom stereocenters. The number of para-hydroxylation sites is 1. The van der Waals surface area contributed by atoms with Crippen LogP contribution in [0.25, 0.3) is 0 Å². The molecule has 0 saturated heterocycles. The van der Waals surface area contributed by atoms with E-state index in [4.69, 9.17) is 0 Å². The van der Waals surface area contributed by atoms with Crippen molar-refractivity contribution in [2.24, 2.45) is 0 Å². The predicted octanol–water partition coefficient (Wildman–Crippen LogP) is 4.65. The van der Waals surface area contributed by atoms with E-state index in [-0.39, 0.29) is 22.7 Å². The number of benzene rings is 2. The fourth-order valence-corrected chi connectivity index (χ4v) is 3.73. The van der Waals surface area contributed by atoms with Crippen molar-refractivity contribution < 1.29 is 9.72 Å². The van der Waals surface area contributed by atoms with E-state index >= 15 is 0 Å². The van der Waals surface area contributed by atoms with E-state index in [9.17, 15) is 14.9 Å². The van der Waals surface area contributed by atoms with Crippen LogP contribution in [0.3, 0.4) is 0 Å². The molecule has 138 valence electrons. The van der Waals surface area contributed by atoms with E-state index in [1.54, 1.807) is 18.7 Å². The van der Waals surface area contributed by atoms with Crippen LogP contribution in [0.4, 0.5) is 11.5 Å². The fourth-order valence-electron chi connectivity index (χ4n) is 2.38. The molecule has 1 N–H and O–H groups in total. The van der Waals surface area contributed by atoms with E-state index in [1.807, 2.05) is 54.6 Å². The van der Waals surface area contributed by atoms with E-state index in [1.165, 1.54) is 4.68 Å². The van der Waals surface area contributed by atoms with Crippen LogP contribution >= 0.6 is 27.7 Å². The van der Waals surface area contributed by atoms with Crippen LogP contribution in [0, 0.1) is 17.0 Å². The van der Waals surface area contributed by atoms with Gasteiger partial charge in [-0.3, -0.25) is 4.79 Å². The molecule has 3 rings (SSSR count). The minimum Gasteiger partial charge on any atom is -0.358 e. The molecule has 1 amide bonds. The highest BCUT2D eigenvalue weighted by molar-refractivity contribution is 9.10. The number of nitro groups is 1. The molecule has 1 heterocycles. The fraction of sp³-hybridized carbons (Fsp3) is 0.111. The van der Waals surface area contributed by atoms with Gasteiger partial charge in [-0.25, -0.2) is 0 Å². The molecular formula is C18H15BrN4O3S. The number of nitrogens with zero attached hydrogens (tertiary/aromatic N) is 3. The number of rotatable bonds is 6. The zero-order valence-electron chi connectivity index (χ0n) is 14.3. The number of anilines is 1. The highest BCUT2D eigenvalue weighted by Gasteiger charge is 2.24. The first kappa shape index (κ1) is 19.1. The number of aromatic nitrogens is 2. The Morgan fingerprint density at radius 1 is 1.22 bits per heavy atom. The molecular weight excluding hydrogens is 432 g/mol. The third-order valence-corrected chi connectivity index (χ3v) is 5.73. The molecule has 0 bridgehead atoms. The average Bonchev–Trinajstić information content (AvgIpc) is 2.93. The quantitative estimate of drug-likeness (QED) is 0.439. The zero-order chi connectivity index (χ0) is 19.4. The molecule has 0 spiro atoms. The maximum Gasteiger partial charge on any atom is 0.404 e. The summed E-state index contributed by atoms with van der Waals surface area (Å²) in [6.45, 7) is 1.54. The summed E-state index contributed by atoms with van der Waals surface area (Å²) >= 11 is 4.69. The standard InChI is InChI=1S/C18H15BrN4O3S/c1-12-17(19)18(23(25)26)21-22(12)11-16(24)20-14-9-5-6-10-15(14)27-13-7-3-2-4-8-13/h2-10H,11H2,1H3,(H,20,24). The van der Waals surface area contributed by atoms with Gasteiger partial charge in [0.15, 0.2) is 0 Å². The van der Waals surface area contributed by atoms with E-state index in [0.29, 0.717) is 11.4 Å². The van der Waals surface area contributed by atoms with Gasteiger partial charge in [-0.2, -0.15) is 4.68 Å². The third kappa shape index (κ3) is 4.55. The van der Waals surface area contributed by atoms with Crippen molar-refractivity contribution in [2.45, 2.75) is 23.3 Å². The lowest BCUT2D eigenvalue weighted by Crippen LogP contribution is -2.20. The summed E-state index contributed by atoms with van der Waals surface area (Å²) in [6, 6.07) is 17.3. The second kappa shape index (κ2) is 8.36. The number of hydrogen-bond donors (Lipinski definition) is 1. The Hall–Kier alpha value is -2.65. The molecule has 1 aromatic heterocycles. The van der Waals surface area contributed by atoms with Gasteiger partial charge >= 0.3 is 5.82 Å². The van der Waals surface area contributed by atoms with Gasteiger partial charge in [0.05, 0.1) is 16.5 Å². The Bertz CT molecular complexity index is 992. The first-order valence-corrected chi connectivity index (χ1v) is 9.55. The van der Waals surface area contributed by atoms with Crippen molar-refractivity contribution in [1.29, 1.82) is 0 Å². The van der Waals surface area contributed by atoms with Gasteiger partial charge in [-0.15, -0.1) is 0 Å². The summed E-state index contributed by atoms with van der Waals surface area (Å²) in [6.07, 6.45) is 0. The Morgan fingerprint density at radius 3 is 2.56 bits per heavy atom. The lowest BCUT2D eigenvalue weighted by Gasteiger charge is -2.10. The van der Waals surface area contributed by atoms with Crippen molar-refractivity contribution >= 4 is 45.1 Å². The first-order valence-electron chi connectivity index (χ1n) is 7.95. The largest absolute Gasteiger partial charge is 0.404 e. The predicted molar refractivity (Wildman–Crippen MR) is 107 cm³/mol. The minimum atomic E-state index is -0.586. The maximum atomic E-state index is 12.5. The Balaban J connectivity index is 1.75. The molecule has 0 unspecified atom stereocenters. The van der Waals surface area contributed by atoms with E-state index in [0.717, 1.165) is 9.79 Å². The van der Waals surface area contributed by atoms with Gasteiger partial charge in [-0.1, -0.05) is 42.1 Å². The van der Waals surface area contributed by atoms with Crippen molar-refractivity contribution in [3.63, 3.8) is 0 Å². The second-order valence-electron chi connectivity index (χ2n) is 5.60. The molecule has 0 saturated carbocycles. The molecule has 3 aromatic rings. The smallest absolute Gasteiger partial charge is 0.358 e. The Morgan fingerprint density at radius 2 is 1.89 bits per heavy atom. The van der Waals surface area contributed by atoms with Crippen LogP contribution in [0.2, 0.25) is 0 Å². The van der Waals surface area contributed by atoms with Gasteiger partial charge in [0.1, 0.15) is 11.0 Å². The number of hydrogen-bond acceptors (Lipinski definition) is 5. The van der Waals surface area contributed by atoms with Crippen molar-refractivity contribution in [2.75, 3.05) is 5.32 Å². The van der Waals surface area contributed by atoms with Gasteiger partial charge < -0.3 is 15.4 Å². The SMILES string of the molecule is Cc1c(Br)c([N+](=O)[O-])nn1CC(=O)Nc1ccccc1Sc1ccccc1. The monoisotopic (exact) mass is 446 g/mol. The number of halogens is 1. The molecule has 0 aliphatic carbocycles. The highest BCUT2D eigenvalue weighted by Crippen LogP contribution is 2.33. The number of nitrogens with one attached hydrogen (secondary N) is 1. The zero-order valence-corrected chi connectivity index (χ0v) is 16.7. The number of amides is 1. The minimum absolute atomic E-state index is 0.122. The molecule has 27 heavy (non-hydrogen) atoms. The summed E-state index contributed by atoms with van der Waals surface area (Å²) in [7, 11) is 0. The van der Waals surface area contributed by atoms with E-state index in [2.05, 4.69) is 26.3 Å². The third-order valence-electron chi connectivity index (χ3n) is 3.72. The molecule has 0 fully saturated rings. The summed E-state index contributed by atoms with van der Waals surface area (Å²) in [5.74, 6) is -0.621. The maximum absolute atomic E-state index is 12.5. The van der Waals surface area contributed by atoms with Gasteiger partial charge in [-0.05, 0) is 52.0 Å². The van der Waals surface area contributed by atoms with Crippen LogP contribution in [0.5, 0.6) is 0 Å². The number of carbonyl (C=O) groups excluding carboxylic acids is 1. The molecule has 7 nitrogen and oxygen atoms in total. The van der Waals surface area contributed by atoms with Crippen LogP contribution in [0.1, 0.15) is 5.69 Å². The van der Waals surface area contributed by atoms with Crippen LogP contribution in [-0.4, -0.2) is 20.6 Å². The van der Waals surface area contributed by atoms with Gasteiger partial charge in [0.25, 0.3) is 0 Å². The van der Waals surface area contributed by atoms with Crippen LogP contribution in [-0.2, 0) is 11.3 Å². The van der Waals surface area contributed by atoms with Crippen LogP contribution < -0.4 is 5.32 Å². The molecule has 0 radical (unpaired) electrons. The summed E-state index contributed by atoms with van der Waals surface area (Å²) in [4.78, 5) is 24.8. The first-order chi connectivity index (χ1) is 13.0. The lowest BCUT2D eigenvalue weighted by molar-refractivity contribution is -0.390. The molecule has 0 aliphatic rings. The van der Waals surface area contributed by atoms with Crippen LogP contribution in [0.15, 0.2) is 68.9 Å². The van der Waals surface area contributed by atoms with Crippen molar-refractivity contribution in [3.05, 3.63) is 74.9 Å². The lowest BCUT2D eigenvalue weighted by atomic mass is 10.3. The topological polar surface area (TPSA) is 90.1 Å². The van der Waals surface area contributed by atoms with Crippen molar-refractivity contribution in [1.82, 2.24) is 9.78 Å². The molecule has 9 heteroatoms. The second-order valence-corrected chi connectivity index (χ2v) is 7.51. The highest BCUT2D eigenvalue weighted by atomic mass is 79.9. The average molecular weight is 447 g/mol.